The Bertz CT molecular complexity index is 466. The molecule has 3 N–H and O–H groups in total. The number of carbonyl (C=O) groups excluding carboxylic acids is 1. The van der Waals surface area contributed by atoms with Crippen molar-refractivity contribution in [3.8, 4) is 5.75 Å². The molecule has 0 aliphatic rings. The van der Waals surface area contributed by atoms with Gasteiger partial charge in [-0.25, -0.2) is 4.99 Å². The molecule has 7 heteroatoms. The fourth-order valence-corrected chi connectivity index (χ4v) is 1.47. The molecule has 1 aromatic carbocycles. The van der Waals surface area contributed by atoms with E-state index in [4.69, 9.17) is 22.1 Å². The van der Waals surface area contributed by atoms with E-state index in [1.807, 2.05) is 0 Å². The van der Waals surface area contributed by atoms with Gasteiger partial charge in [0.25, 0.3) is 5.91 Å². The third-order valence-electron chi connectivity index (χ3n) is 1.97. The maximum Gasteiger partial charge on any atom is 0.257 e. The summed E-state index contributed by atoms with van der Waals surface area (Å²) in [5.74, 6) is 0.780. The number of benzene rings is 1. The number of amides is 1. The van der Waals surface area contributed by atoms with E-state index in [2.05, 4.69) is 26.2 Å². The molecule has 1 rings (SSSR count). The molecule has 0 aromatic heterocycles. The molecule has 0 fully saturated rings. The van der Waals surface area contributed by atoms with Crippen LogP contribution < -0.4 is 15.8 Å². The van der Waals surface area contributed by atoms with Crippen molar-refractivity contribution in [1.82, 2.24) is 5.32 Å². The molecule has 0 unspecified atom stereocenters. The van der Waals surface area contributed by atoms with E-state index in [1.54, 1.807) is 25.2 Å². The number of nitrogens with one attached hydrogen (secondary N) is 1. The van der Waals surface area contributed by atoms with Crippen molar-refractivity contribution >= 4 is 45.0 Å². The number of hydrogen-bond donors (Lipinski definition) is 2. The van der Waals surface area contributed by atoms with Gasteiger partial charge in [0.1, 0.15) is 11.6 Å². The third kappa shape index (κ3) is 4.54. The molecule has 0 aliphatic carbocycles. The highest BCUT2D eigenvalue weighted by Gasteiger charge is 2.04. The Morgan fingerprint density at radius 3 is 2.94 bits per heavy atom. The zero-order chi connectivity index (χ0) is 13.5. The highest BCUT2D eigenvalue weighted by Crippen LogP contribution is 2.29. The number of carbonyl (C=O) groups is 1. The highest BCUT2D eigenvalue weighted by atomic mass is 79.9. The van der Waals surface area contributed by atoms with E-state index in [1.165, 1.54) is 0 Å². The van der Waals surface area contributed by atoms with Crippen LogP contribution in [-0.4, -0.2) is 31.3 Å². The van der Waals surface area contributed by atoms with Gasteiger partial charge in [-0.15, -0.1) is 11.6 Å². The van der Waals surface area contributed by atoms with E-state index < -0.39 is 0 Å². The van der Waals surface area contributed by atoms with Crippen LogP contribution in [0.2, 0.25) is 0 Å². The summed E-state index contributed by atoms with van der Waals surface area (Å²) in [5.41, 5.74) is 6.16. The summed E-state index contributed by atoms with van der Waals surface area (Å²) in [6.07, 6.45) is 0. The summed E-state index contributed by atoms with van der Waals surface area (Å²) >= 11 is 8.90. The highest BCUT2D eigenvalue weighted by molar-refractivity contribution is 9.10. The monoisotopic (exact) mass is 333 g/mol. The van der Waals surface area contributed by atoms with Crippen LogP contribution in [0.4, 0.5) is 5.69 Å². The number of likely N-dealkylation sites (N-methyl/N-ethyl adjacent to an activating group) is 1. The first kappa shape index (κ1) is 14.8. The molecule has 1 aromatic rings. The minimum Gasteiger partial charge on any atom is -0.484 e. The van der Waals surface area contributed by atoms with Crippen molar-refractivity contribution in [1.29, 1.82) is 0 Å². The number of rotatable bonds is 5. The van der Waals surface area contributed by atoms with Gasteiger partial charge in [0.05, 0.1) is 11.6 Å². The molecular formula is C11H13BrClN3O2. The molecule has 0 atom stereocenters. The Kier molecular flexibility index (Phi) is 5.94. The first-order valence-corrected chi connectivity index (χ1v) is 6.41. The summed E-state index contributed by atoms with van der Waals surface area (Å²) in [6, 6.07) is 5.16. The van der Waals surface area contributed by atoms with Gasteiger partial charge in [-0.2, -0.15) is 0 Å². The first-order chi connectivity index (χ1) is 8.56. The zero-order valence-electron chi connectivity index (χ0n) is 9.74. The fourth-order valence-electron chi connectivity index (χ4n) is 1.07. The summed E-state index contributed by atoms with van der Waals surface area (Å²) in [6.45, 7) is -0.0493. The summed E-state index contributed by atoms with van der Waals surface area (Å²) in [5, 5.41) is 2.46. The quantitative estimate of drug-likeness (QED) is 0.490. The van der Waals surface area contributed by atoms with Crippen LogP contribution in [0.15, 0.2) is 27.7 Å². The standard InChI is InChI=1S/C11H13BrClN3O2/c1-15-11(17)6-18-7-2-3-8(12)9(4-7)16-10(14)5-13/h2-4H,5-6H2,1H3,(H2,14,16)(H,15,17). The van der Waals surface area contributed by atoms with Gasteiger partial charge in [0, 0.05) is 17.6 Å². The number of hydrogen-bond acceptors (Lipinski definition) is 3. The topological polar surface area (TPSA) is 76.7 Å². The van der Waals surface area contributed by atoms with Crippen molar-refractivity contribution in [2.75, 3.05) is 19.5 Å². The van der Waals surface area contributed by atoms with Crippen molar-refractivity contribution in [2.45, 2.75) is 0 Å². The maximum absolute atomic E-state index is 11.1. The molecule has 0 aliphatic heterocycles. The van der Waals surface area contributed by atoms with E-state index in [9.17, 15) is 4.79 Å². The predicted molar refractivity (Wildman–Crippen MR) is 75.7 cm³/mol. The average Bonchev–Trinajstić information content (AvgIpc) is 2.38. The van der Waals surface area contributed by atoms with E-state index in [-0.39, 0.29) is 18.4 Å². The van der Waals surface area contributed by atoms with Gasteiger partial charge in [-0.05, 0) is 28.1 Å². The number of alkyl halides is 1. The normalized spacial score (nSPS) is 11.2. The molecule has 98 valence electrons. The molecule has 0 spiro atoms. The van der Waals surface area contributed by atoms with Crippen LogP contribution in [0.25, 0.3) is 0 Å². The van der Waals surface area contributed by atoms with Gasteiger partial charge in [0.2, 0.25) is 0 Å². The lowest BCUT2D eigenvalue weighted by molar-refractivity contribution is -0.122. The number of halogens is 2. The third-order valence-corrected chi connectivity index (χ3v) is 2.91. The molecule has 5 nitrogen and oxygen atoms in total. The molecule has 18 heavy (non-hydrogen) atoms. The van der Waals surface area contributed by atoms with Crippen LogP contribution in [0.5, 0.6) is 5.75 Å². The van der Waals surface area contributed by atoms with Crippen molar-refractivity contribution in [2.24, 2.45) is 10.7 Å². The lowest BCUT2D eigenvalue weighted by Gasteiger charge is -2.07. The predicted octanol–water partition coefficient (Wildman–Crippen LogP) is 1.80. The van der Waals surface area contributed by atoms with Crippen LogP contribution in [0.1, 0.15) is 0 Å². The summed E-state index contributed by atoms with van der Waals surface area (Å²) in [4.78, 5) is 15.2. The molecule has 0 saturated heterocycles. The number of aliphatic imine (C=N–C) groups is 1. The second-order valence-corrected chi connectivity index (χ2v) is 4.43. The molecule has 0 radical (unpaired) electrons. The van der Waals surface area contributed by atoms with E-state index in [0.29, 0.717) is 17.3 Å². The minimum absolute atomic E-state index is 0.0493. The number of nitrogens with two attached hydrogens (primary N) is 1. The fraction of sp³-hybridized carbons (Fsp3) is 0.273. The van der Waals surface area contributed by atoms with Crippen LogP contribution in [-0.2, 0) is 4.79 Å². The van der Waals surface area contributed by atoms with Gasteiger partial charge >= 0.3 is 0 Å². The van der Waals surface area contributed by atoms with Gasteiger partial charge in [-0.3, -0.25) is 4.79 Å². The molecule has 0 heterocycles. The Hall–Kier alpha value is -1.27. The Balaban J connectivity index is 2.84. The van der Waals surface area contributed by atoms with Gasteiger partial charge < -0.3 is 15.8 Å². The van der Waals surface area contributed by atoms with E-state index >= 15 is 0 Å². The number of ether oxygens (including phenoxy) is 1. The van der Waals surface area contributed by atoms with Crippen molar-refractivity contribution in [3.05, 3.63) is 22.7 Å². The number of amidine groups is 1. The van der Waals surface area contributed by atoms with Crippen molar-refractivity contribution < 1.29 is 9.53 Å². The minimum atomic E-state index is -0.205. The molecule has 0 bridgehead atoms. The smallest absolute Gasteiger partial charge is 0.257 e. The lowest BCUT2D eigenvalue weighted by Crippen LogP contribution is -2.24. The Labute approximate surface area is 118 Å². The van der Waals surface area contributed by atoms with Crippen LogP contribution in [0.3, 0.4) is 0 Å². The van der Waals surface area contributed by atoms with Crippen LogP contribution in [0, 0.1) is 0 Å². The average molecular weight is 335 g/mol. The van der Waals surface area contributed by atoms with E-state index in [0.717, 1.165) is 4.47 Å². The molecular weight excluding hydrogens is 321 g/mol. The van der Waals surface area contributed by atoms with Gasteiger partial charge in [0.15, 0.2) is 6.61 Å². The summed E-state index contributed by atoms with van der Waals surface area (Å²) < 4.78 is 6.06. The number of nitrogens with zero attached hydrogens (tertiary/aromatic N) is 1. The van der Waals surface area contributed by atoms with Gasteiger partial charge in [-0.1, -0.05) is 0 Å². The Morgan fingerprint density at radius 2 is 2.33 bits per heavy atom. The zero-order valence-corrected chi connectivity index (χ0v) is 12.1. The SMILES string of the molecule is CNC(=O)COc1ccc(Br)c(N=C(N)CCl)c1. The second-order valence-electron chi connectivity index (χ2n) is 3.31. The van der Waals surface area contributed by atoms with Crippen LogP contribution >= 0.6 is 27.5 Å². The maximum atomic E-state index is 11.1. The Morgan fingerprint density at radius 1 is 1.61 bits per heavy atom. The largest absolute Gasteiger partial charge is 0.484 e. The second kappa shape index (κ2) is 7.23. The molecule has 1 amide bonds. The lowest BCUT2D eigenvalue weighted by atomic mass is 10.3. The first-order valence-electron chi connectivity index (χ1n) is 5.08. The summed E-state index contributed by atoms with van der Waals surface area (Å²) in [7, 11) is 1.55. The molecule has 0 saturated carbocycles. The van der Waals surface area contributed by atoms with Crippen molar-refractivity contribution in [3.63, 3.8) is 0 Å².